The van der Waals surface area contributed by atoms with Crippen LogP contribution in [0.5, 0.6) is 5.75 Å². The van der Waals surface area contributed by atoms with E-state index in [1.165, 1.54) is 11.3 Å². The van der Waals surface area contributed by atoms with Crippen molar-refractivity contribution in [3.05, 3.63) is 16.3 Å². The van der Waals surface area contributed by atoms with Gasteiger partial charge in [0.05, 0.1) is 12.0 Å². The molecule has 1 heterocycles. The highest BCUT2D eigenvalue weighted by molar-refractivity contribution is 7.12. The largest absolute Gasteiger partial charge is 0.496 e. The van der Waals surface area contributed by atoms with Crippen LogP contribution in [0.1, 0.15) is 41.8 Å². The number of hydrogen-bond donors (Lipinski definition) is 2. The van der Waals surface area contributed by atoms with Crippen LogP contribution in [0.25, 0.3) is 0 Å². The number of rotatable bonds is 5. The van der Waals surface area contributed by atoms with Crippen molar-refractivity contribution in [2.45, 2.75) is 37.6 Å². The molecule has 0 saturated heterocycles. The summed E-state index contributed by atoms with van der Waals surface area (Å²) in [6.45, 7) is 0.119. The standard InChI is InChI=1S/C13H19NO3S/c1-17-10-8-11(18-9-10)12(16)14-13(6-7-15)4-2-3-5-13/h8-9,15H,2-7H2,1H3,(H,14,16). The highest BCUT2D eigenvalue weighted by atomic mass is 32.1. The summed E-state index contributed by atoms with van der Waals surface area (Å²) in [6, 6.07) is 1.75. The predicted octanol–water partition coefficient (Wildman–Crippen LogP) is 2.18. The Morgan fingerprint density at radius 1 is 1.56 bits per heavy atom. The molecule has 1 aromatic heterocycles. The molecule has 0 bridgehead atoms. The van der Waals surface area contributed by atoms with Gasteiger partial charge < -0.3 is 15.2 Å². The fraction of sp³-hybridized carbons (Fsp3) is 0.615. The monoisotopic (exact) mass is 269 g/mol. The van der Waals surface area contributed by atoms with Crippen molar-refractivity contribution < 1.29 is 14.6 Å². The van der Waals surface area contributed by atoms with E-state index in [9.17, 15) is 4.79 Å². The average molecular weight is 269 g/mol. The Morgan fingerprint density at radius 2 is 2.28 bits per heavy atom. The van der Waals surface area contributed by atoms with Crippen LogP contribution in [0.3, 0.4) is 0 Å². The Morgan fingerprint density at radius 3 is 2.83 bits per heavy atom. The van der Waals surface area contributed by atoms with E-state index in [-0.39, 0.29) is 18.1 Å². The number of hydrogen-bond acceptors (Lipinski definition) is 4. The molecule has 1 aliphatic carbocycles. The highest BCUT2D eigenvalue weighted by Gasteiger charge is 2.35. The molecule has 100 valence electrons. The quantitative estimate of drug-likeness (QED) is 0.861. The molecular weight excluding hydrogens is 250 g/mol. The van der Waals surface area contributed by atoms with Crippen LogP contribution in [0.15, 0.2) is 11.4 Å². The van der Waals surface area contributed by atoms with E-state index in [0.29, 0.717) is 17.0 Å². The van der Waals surface area contributed by atoms with Gasteiger partial charge in [0.25, 0.3) is 5.91 Å². The molecule has 0 radical (unpaired) electrons. The number of ether oxygens (including phenoxy) is 1. The number of amides is 1. The van der Waals surface area contributed by atoms with E-state index in [4.69, 9.17) is 9.84 Å². The second-order valence-corrected chi connectivity index (χ2v) is 5.68. The number of methoxy groups -OCH3 is 1. The maximum absolute atomic E-state index is 12.2. The van der Waals surface area contributed by atoms with Gasteiger partial charge in [0, 0.05) is 23.6 Å². The van der Waals surface area contributed by atoms with Crippen LogP contribution in [-0.2, 0) is 0 Å². The summed E-state index contributed by atoms with van der Waals surface area (Å²) in [5.41, 5.74) is -0.205. The number of carbonyl (C=O) groups excluding carboxylic acids is 1. The van der Waals surface area contributed by atoms with Crippen molar-refractivity contribution in [1.29, 1.82) is 0 Å². The highest BCUT2D eigenvalue weighted by Crippen LogP contribution is 2.33. The Labute approximate surface area is 111 Å². The Hall–Kier alpha value is -1.07. The van der Waals surface area contributed by atoms with Crippen molar-refractivity contribution in [1.82, 2.24) is 5.32 Å². The molecule has 2 N–H and O–H groups in total. The SMILES string of the molecule is COc1csc(C(=O)NC2(CCO)CCCC2)c1. The normalized spacial score (nSPS) is 17.7. The maximum atomic E-state index is 12.2. The summed E-state index contributed by atoms with van der Waals surface area (Å²) in [7, 11) is 1.59. The Kier molecular flexibility index (Phi) is 4.24. The van der Waals surface area contributed by atoms with Crippen LogP contribution in [0.2, 0.25) is 0 Å². The van der Waals surface area contributed by atoms with Crippen molar-refractivity contribution in [2.24, 2.45) is 0 Å². The molecule has 0 spiro atoms. The topological polar surface area (TPSA) is 58.6 Å². The molecule has 0 unspecified atom stereocenters. The minimum absolute atomic E-state index is 0.0568. The minimum atomic E-state index is -0.205. The van der Waals surface area contributed by atoms with Gasteiger partial charge in [0.1, 0.15) is 5.75 Å². The molecule has 0 aromatic carbocycles. The van der Waals surface area contributed by atoms with Crippen LogP contribution in [0, 0.1) is 0 Å². The zero-order valence-electron chi connectivity index (χ0n) is 10.6. The fourth-order valence-electron chi connectivity index (χ4n) is 2.55. The fourth-order valence-corrected chi connectivity index (χ4v) is 3.30. The van der Waals surface area contributed by atoms with Gasteiger partial charge in [-0.1, -0.05) is 12.8 Å². The summed E-state index contributed by atoms with van der Waals surface area (Å²) in [5, 5.41) is 14.1. The lowest BCUT2D eigenvalue weighted by Gasteiger charge is -2.29. The van der Waals surface area contributed by atoms with E-state index in [1.807, 2.05) is 5.38 Å². The van der Waals surface area contributed by atoms with E-state index in [2.05, 4.69) is 5.32 Å². The number of aliphatic hydroxyl groups is 1. The van der Waals surface area contributed by atoms with Gasteiger partial charge in [-0.05, 0) is 19.3 Å². The smallest absolute Gasteiger partial charge is 0.261 e. The first-order valence-electron chi connectivity index (χ1n) is 6.25. The summed E-state index contributed by atoms with van der Waals surface area (Å²) >= 11 is 1.38. The summed E-state index contributed by atoms with van der Waals surface area (Å²) < 4.78 is 5.08. The minimum Gasteiger partial charge on any atom is -0.496 e. The molecule has 4 nitrogen and oxygen atoms in total. The van der Waals surface area contributed by atoms with Crippen molar-refractivity contribution in [3.8, 4) is 5.75 Å². The van der Waals surface area contributed by atoms with Gasteiger partial charge in [-0.2, -0.15) is 0 Å². The van der Waals surface area contributed by atoms with Crippen molar-refractivity contribution >= 4 is 17.2 Å². The lowest BCUT2D eigenvalue weighted by atomic mass is 9.93. The maximum Gasteiger partial charge on any atom is 0.261 e. The molecule has 1 saturated carbocycles. The van der Waals surface area contributed by atoms with Gasteiger partial charge in [-0.25, -0.2) is 0 Å². The van der Waals surface area contributed by atoms with E-state index in [1.54, 1.807) is 13.2 Å². The molecule has 18 heavy (non-hydrogen) atoms. The van der Waals surface area contributed by atoms with E-state index >= 15 is 0 Å². The second-order valence-electron chi connectivity index (χ2n) is 4.77. The molecule has 1 fully saturated rings. The molecule has 1 aliphatic rings. The van der Waals surface area contributed by atoms with Crippen molar-refractivity contribution in [2.75, 3.05) is 13.7 Å². The molecule has 1 amide bonds. The zero-order chi connectivity index (χ0) is 13.0. The number of aliphatic hydroxyl groups excluding tert-OH is 1. The zero-order valence-corrected chi connectivity index (χ0v) is 11.4. The number of nitrogens with one attached hydrogen (secondary N) is 1. The molecule has 0 aliphatic heterocycles. The first-order chi connectivity index (χ1) is 8.69. The van der Waals surface area contributed by atoms with Gasteiger partial charge in [-0.3, -0.25) is 4.79 Å². The van der Waals surface area contributed by atoms with E-state index < -0.39 is 0 Å². The number of thiophene rings is 1. The molecule has 2 rings (SSSR count). The third kappa shape index (κ3) is 2.84. The molecule has 1 aromatic rings. The van der Waals surface area contributed by atoms with Crippen LogP contribution < -0.4 is 10.1 Å². The summed E-state index contributed by atoms with van der Waals surface area (Å²) in [6.07, 6.45) is 4.80. The summed E-state index contributed by atoms with van der Waals surface area (Å²) in [5.74, 6) is 0.659. The third-order valence-electron chi connectivity index (χ3n) is 3.56. The first-order valence-corrected chi connectivity index (χ1v) is 7.13. The van der Waals surface area contributed by atoms with Gasteiger partial charge in [0.2, 0.25) is 0 Å². The molecular formula is C13H19NO3S. The van der Waals surface area contributed by atoms with Crippen LogP contribution in [0.4, 0.5) is 0 Å². The lowest BCUT2D eigenvalue weighted by molar-refractivity contribution is 0.0885. The number of carbonyl (C=O) groups is 1. The third-order valence-corrected chi connectivity index (χ3v) is 4.47. The Balaban J connectivity index is 2.04. The van der Waals surface area contributed by atoms with Gasteiger partial charge in [0.15, 0.2) is 0 Å². The molecule has 5 heteroatoms. The average Bonchev–Trinajstić information content (AvgIpc) is 2.98. The summed E-state index contributed by atoms with van der Waals surface area (Å²) in [4.78, 5) is 12.8. The second kappa shape index (κ2) is 5.71. The van der Waals surface area contributed by atoms with E-state index in [0.717, 1.165) is 25.7 Å². The van der Waals surface area contributed by atoms with Gasteiger partial charge in [-0.15, -0.1) is 11.3 Å². The van der Waals surface area contributed by atoms with Crippen molar-refractivity contribution in [3.63, 3.8) is 0 Å². The van der Waals surface area contributed by atoms with Crippen LogP contribution >= 0.6 is 11.3 Å². The lowest BCUT2D eigenvalue weighted by Crippen LogP contribution is -2.46. The first kappa shape index (κ1) is 13.4. The van der Waals surface area contributed by atoms with Gasteiger partial charge >= 0.3 is 0 Å². The predicted molar refractivity (Wildman–Crippen MR) is 71.2 cm³/mol. The van der Waals surface area contributed by atoms with Crippen LogP contribution in [-0.4, -0.2) is 30.3 Å². The molecule has 0 atom stereocenters. The Bertz CT molecular complexity index is 410.